The molecule has 0 heterocycles. The average Bonchev–Trinajstić information content (AvgIpc) is 2.35. The van der Waals surface area contributed by atoms with Crippen LogP contribution in [0.3, 0.4) is 0 Å². The fourth-order valence-electron chi connectivity index (χ4n) is 2.21. The number of nitrogens with zero attached hydrogens (tertiary/aromatic N) is 2. The van der Waals surface area contributed by atoms with Crippen LogP contribution >= 0.6 is 24.4 Å². The summed E-state index contributed by atoms with van der Waals surface area (Å²) in [6, 6.07) is 0. The van der Waals surface area contributed by atoms with E-state index in [-0.39, 0.29) is 27.3 Å². The summed E-state index contributed by atoms with van der Waals surface area (Å²) in [5.41, 5.74) is 0. The molecule has 0 N–H and O–H groups in total. The Labute approximate surface area is 199 Å². The van der Waals surface area contributed by atoms with Crippen LogP contribution in [0.4, 0.5) is 0 Å². The third kappa shape index (κ3) is 21.3. The summed E-state index contributed by atoms with van der Waals surface area (Å²) < 4.78 is 1.22. The summed E-state index contributed by atoms with van der Waals surface area (Å²) in [4.78, 5) is 4.22. The van der Waals surface area contributed by atoms with Crippen LogP contribution in [0.5, 0.6) is 0 Å². The fraction of sp³-hybridized carbons (Fsp3) is 0.889. The standard InChI is InChI=1S/2C9H19NS2.Cd/c2*1-7(2)5-10(9(11)12)6-8(3)4;/h2*7-8H,5-6H2,1-4H3,(H,11,12);/q;;+2/p-2. The van der Waals surface area contributed by atoms with E-state index in [4.69, 9.17) is 49.7 Å². The summed E-state index contributed by atoms with van der Waals surface area (Å²) in [6.07, 6.45) is 0. The van der Waals surface area contributed by atoms with Gasteiger partial charge in [-0.15, -0.1) is 0 Å². The van der Waals surface area contributed by atoms with Crippen LogP contribution < -0.4 is 0 Å². The first kappa shape index (κ1) is 30.9. The number of hydrogen-bond donors (Lipinski definition) is 0. The van der Waals surface area contributed by atoms with Gasteiger partial charge in [0.1, 0.15) is 0 Å². The van der Waals surface area contributed by atoms with Crippen molar-refractivity contribution >= 4 is 58.3 Å². The van der Waals surface area contributed by atoms with E-state index in [1.807, 2.05) is 0 Å². The van der Waals surface area contributed by atoms with Crippen LogP contribution in [-0.2, 0) is 52.6 Å². The molecular weight excluding hydrogens is 485 g/mol. The summed E-state index contributed by atoms with van der Waals surface area (Å²) in [5, 5.41) is 0. The van der Waals surface area contributed by atoms with E-state index >= 15 is 0 Å². The zero-order chi connectivity index (χ0) is 19.4. The quantitative estimate of drug-likeness (QED) is 0.254. The van der Waals surface area contributed by atoms with Crippen LogP contribution in [-0.4, -0.2) is 44.6 Å². The normalized spacial score (nSPS) is 10.4. The van der Waals surface area contributed by atoms with Crippen LogP contribution in [0.1, 0.15) is 55.4 Å². The van der Waals surface area contributed by atoms with Crippen molar-refractivity contribution < 1.29 is 27.3 Å². The molecule has 0 saturated carbocycles. The van der Waals surface area contributed by atoms with Gasteiger partial charge in [0, 0.05) is 26.2 Å². The number of rotatable bonds is 8. The van der Waals surface area contributed by atoms with Crippen molar-refractivity contribution in [3.8, 4) is 0 Å². The third-order valence-corrected chi connectivity index (χ3v) is 3.89. The van der Waals surface area contributed by atoms with Crippen LogP contribution in [0.25, 0.3) is 0 Å². The maximum absolute atomic E-state index is 4.99. The Kier molecular flexibility index (Phi) is 21.3. The Morgan fingerprint density at radius 3 is 0.840 bits per heavy atom. The average molecular weight is 521 g/mol. The van der Waals surface area contributed by atoms with Gasteiger partial charge in [-0.25, -0.2) is 0 Å². The van der Waals surface area contributed by atoms with Gasteiger partial charge in [0.05, 0.1) is 0 Å². The van der Waals surface area contributed by atoms with Gasteiger partial charge in [-0.1, -0.05) is 64.0 Å². The second kappa shape index (κ2) is 17.3. The number of hydrogen-bond acceptors (Lipinski definition) is 4. The van der Waals surface area contributed by atoms with Crippen molar-refractivity contribution in [3.05, 3.63) is 0 Å². The van der Waals surface area contributed by atoms with Crippen molar-refractivity contribution in [3.63, 3.8) is 0 Å². The molecule has 0 aromatic heterocycles. The Morgan fingerprint density at radius 1 is 0.600 bits per heavy atom. The van der Waals surface area contributed by atoms with Gasteiger partial charge < -0.3 is 59.5 Å². The van der Waals surface area contributed by atoms with Crippen LogP contribution in [0, 0.1) is 23.7 Å². The summed E-state index contributed by atoms with van der Waals surface area (Å²) in [5.74, 6) is 2.52. The van der Waals surface area contributed by atoms with Gasteiger partial charge in [0.15, 0.2) is 0 Å². The van der Waals surface area contributed by atoms with E-state index in [0.29, 0.717) is 32.3 Å². The molecule has 0 bridgehead atoms. The molecule has 0 aliphatic rings. The molecule has 0 aromatic rings. The summed E-state index contributed by atoms with van der Waals surface area (Å²) in [6.45, 7) is 21.4. The fourth-order valence-corrected chi connectivity index (χ4v) is 2.81. The number of thiocarbonyl (C=S) groups is 2. The Bertz CT molecular complexity index is 307. The molecule has 2 nitrogen and oxygen atoms in total. The van der Waals surface area contributed by atoms with Crippen LogP contribution in [0.2, 0.25) is 0 Å². The van der Waals surface area contributed by atoms with Crippen LogP contribution in [0.15, 0.2) is 0 Å². The molecule has 0 radical (unpaired) electrons. The van der Waals surface area contributed by atoms with Gasteiger partial charge in [0.25, 0.3) is 0 Å². The minimum Gasteiger partial charge on any atom is -0.411 e. The molecule has 0 unspecified atom stereocenters. The minimum atomic E-state index is 0. The zero-order valence-electron chi connectivity index (χ0n) is 17.4. The molecule has 0 aromatic carbocycles. The van der Waals surface area contributed by atoms with E-state index in [1.165, 1.54) is 0 Å². The third-order valence-electron chi connectivity index (χ3n) is 2.86. The largest absolute Gasteiger partial charge is 2.00 e. The maximum Gasteiger partial charge on any atom is 2.00 e. The van der Waals surface area contributed by atoms with E-state index in [9.17, 15) is 0 Å². The molecule has 144 valence electrons. The molecule has 7 heteroatoms. The summed E-state index contributed by atoms with van der Waals surface area (Å²) in [7, 11) is 0. The Hall–Kier alpha value is 1.14. The molecule has 0 saturated heterocycles. The van der Waals surface area contributed by atoms with Gasteiger partial charge in [0.2, 0.25) is 0 Å². The molecular formula is C18H36CdN2S4. The van der Waals surface area contributed by atoms with E-state index in [2.05, 4.69) is 65.2 Å². The van der Waals surface area contributed by atoms with Crippen molar-refractivity contribution in [1.82, 2.24) is 9.80 Å². The van der Waals surface area contributed by atoms with Gasteiger partial charge in [-0.3, -0.25) is 0 Å². The monoisotopic (exact) mass is 522 g/mol. The van der Waals surface area contributed by atoms with Crippen molar-refractivity contribution in [2.75, 3.05) is 26.2 Å². The van der Waals surface area contributed by atoms with E-state index < -0.39 is 0 Å². The maximum atomic E-state index is 4.99. The van der Waals surface area contributed by atoms with Gasteiger partial charge >= 0.3 is 27.3 Å². The second-order valence-electron chi connectivity index (χ2n) is 7.92. The molecule has 25 heavy (non-hydrogen) atoms. The SMILES string of the molecule is CC(C)CN(CC(C)C)C(=S)[S-].CC(C)CN(CC(C)C)C(=S)[S-].[Cd+2]. The zero-order valence-corrected chi connectivity index (χ0v) is 24.7. The first-order valence-electron chi connectivity index (χ1n) is 8.78. The van der Waals surface area contributed by atoms with E-state index in [1.54, 1.807) is 0 Å². The topological polar surface area (TPSA) is 6.48 Å². The smallest absolute Gasteiger partial charge is 0.411 e. The predicted molar refractivity (Wildman–Crippen MR) is 122 cm³/mol. The molecule has 0 fully saturated rings. The first-order chi connectivity index (χ1) is 10.9. The Balaban J connectivity index is -0.000000372. The van der Waals surface area contributed by atoms with Gasteiger partial charge in [-0.05, 0) is 23.7 Å². The molecule has 0 rings (SSSR count). The van der Waals surface area contributed by atoms with Crippen molar-refractivity contribution in [2.45, 2.75) is 55.4 Å². The van der Waals surface area contributed by atoms with E-state index in [0.717, 1.165) is 26.2 Å². The second-order valence-corrected chi connectivity index (χ2v) is 9.98. The molecule has 0 spiro atoms. The summed E-state index contributed by atoms with van der Waals surface area (Å²) >= 11 is 20.0. The van der Waals surface area contributed by atoms with Gasteiger partial charge in [-0.2, -0.15) is 0 Å². The predicted octanol–water partition coefficient (Wildman–Crippen LogP) is 4.86. The molecule has 0 amide bonds. The molecule has 0 atom stereocenters. The molecule has 0 aliphatic heterocycles. The minimum absolute atomic E-state index is 0. The van der Waals surface area contributed by atoms with Crippen molar-refractivity contribution in [1.29, 1.82) is 0 Å². The van der Waals surface area contributed by atoms with Crippen molar-refractivity contribution in [2.24, 2.45) is 23.7 Å². The Morgan fingerprint density at radius 2 is 0.760 bits per heavy atom. The first-order valence-corrected chi connectivity index (χ1v) is 10.4. The molecule has 0 aliphatic carbocycles.